The standard InChI is InChI=1S/C20H20N2O5/c23-17-9-2-1-5-13(17)11-22(12-14-6-4-10-26-14)19(24)15-7-3-8-16-18(15)27-20(25)21-16/h1-3,5,7-9,14,23H,4,6,10-12H2,(H,21,25). The summed E-state index contributed by atoms with van der Waals surface area (Å²) >= 11 is 0. The van der Waals surface area contributed by atoms with Gasteiger partial charge < -0.3 is 19.2 Å². The maximum atomic E-state index is 13.3. The number of para-hydroxylation sites is 2. The Kier molecular flexibility index (Phi) is 4.68. The van der Waals surface area contributed by atoms with Crippen molar-refractivity contribution in [1.29, 1.82) is 0 Å². The molecule has 2 N–H and O–H groups in total. The Balaban J connectivity index is 1.68. The molecule has 1 unspecified atom stereocenters. The van der Waals surface area contributed by atoms with Gasteiger partial charge in [-0.2, -0.15) is 0 Å². The van der Waals surface area contributed by atoms with Gasteiger partial charge in [-0.1, -0.05) is 24.3 Å². The van der Waals surface area contributed by atoms with Crippen LogP contribution in [0.4, 0.5) is 0 Å². The van der Waals surface area contributed by atoms with Crippen molar-refractivity contribution in [1.82, 2.24) is 9.88 Å². The van der Waals surface area contributed by atoms with E-state index in [0.29, 0.717) is 29.8 Å². The molecule has 1 aliphatic heterocycles. The number of nitrogens with one attached hydrogen (secondary N) is 1. The third kappa shape index (κ3) is 3.59. The second-order valence-electron chi connectivity index (χ2n) is 6.65. The zero-order valence-electron chi connectivity index (χ0n) is 14.7. The van der Waals surface area contributed by atoms with Crippen LogP contribution in [0.3, 0.4) is 0 Å². The number of hydrogen-bond acceptors (Lipinski definition) is 5. The van der Waals surface area contributed by atoms with Crippen LogP contribution in [0.1, 0.15) is 28.8 Å². The summed E-state index contributed by atoms with van der Waals surface area (Å²) in [6, 6.07) is 11.9. The Hall–Kier alpha value is -3.06. The molecule has 140 valence electrons. The van der Waals surface area contributed by atoms with Crippen molar-refractivity contribution in [2.75, 3.05) is 13.2 Å². The number of phenols is 1. The van der Waals surface area contributed by atoms with Crippen molar-refractivity contribution in [3.8, 4) is 5.75 Å². The van der Waals surface area contributed by atoms with Crippen molar-refractivity contribution in [3.63, 3.8) is 0 Å². The van der Waals surface area contributed by atoms with Crippen molar-refractivity contribution in [2.24, 2.45) is 0 Å². The van der Waals surface area contributed by atoms with Crippen LogP contribution in [0.15, 0.2) is 51.7 Å². The predicted octanol–water partition coefficient (Wildman–Crippen LogP) is 2.65. The summed E-state index contributed by atoms with van der Waals surface area (Å²) in [5, 5.41) is 10.1. The predicted molar refractivity (Wildman–Crippen MR) is 98.7 cm³/mol. The van der Waals surface area contributed by atoms with E-state index in [1.54, 1.807) is 41.3 Å². The number of phenolic OH excluding ortho intramolecular Hbond substituents is 1. The monoisotopic (exact) mass is 368 g/mol. The molecule has 1 atom stereocenters. The first kappa shape index (κ1) is 17.4. The lowest BCUT2D eigenvalue weighted by molar-refractivity contribution is 0.0506. The number of aromatic nitrogens is 1. The SMILES string of the molecule is O=C(c1cccc2[nH]c(=O)oc12)N(Cc1ccccc1O)CC1CCCO1. The van der Waals surface area contributed by atoms with Gasteiger partial charge in [0.1, 0.15) is 5.75 Å². The lowest BCUT2D eigenvalue weighted by Crippen LogP contribution is -2.37. The summed E-state index contributed by atoms with van der Waals surface area (Å²) < 4.78 is 10.9. The number of ether oxygens (including phenoxy) is 1. The number of fused-ring (bicyclic) bond motifs is 1. The van der Waals surface area contributed by atoms with Crippen LogP contribution in [-0.2, 0) is 11.3 Å². The van der Waals surface area contributed by atoms with Gasteiger partial charge in [0.2, 0.25) is 0 Å². The number of aromatic hydroxyl groups is 1. The highest BCUT2D eigenvalue weighted by atomic mass is 16.5. The van der Waals surface area contributed by atoms with Gasteiger partial charge in [0.15, 0.2) is 5.58 Å². The number of rotatable bonds is 5. The highest BCUT2D eigenvalue weighted by Gasteiger charge is 2.26. The van der Waals surface area contributed by atoms with Gasteiger partial charge >= 0.3 is 5.76 Å². The number of amides is 1. The molecule has 4 rings (SSSR count). The number of carbonyl (C=O) groups excluding carboxylic acids is 1. The number of H-pyrrole nitrogens is 1. The Morgan fingerprint density at radius 2 is 2.07 bits per heavy atom. The number of benzene rings is 2. The average Bonchev–Trinajstić information content (AvgIpc) is 3.30. The van der Waals surface area contributed by atoms with E-state index in [0.717, 1.165) is 12.8 Å². The van der Waals surface area contributed by atoms with Gasteiger partial charge in [0.05, 0.1) is 17.2 Å². The van der Waals surface area contributed by atoms with Gasteiger partial charge in [-0.25, -0.2) is 4.79 Å². The molecule has 1 amide bonds. The molecule has 1 fully saturated rings. The van der Waals surface area contributed by atoms with Gasteiger partial charge in [0, 0.05) is 25.3 Å². The molecule has 7 nitrogen and oxygen atoms in total. The van der Waals surface area contributed by atoms with E-state index in [-0.39, 0.29) is 29.9 Å². The minimum absolute atomic E-state index is 0.0442. The topological polar surface area (TPSA) is 95.8 Å². The van der Waals surface area contributed by atoms with Crippen LogP contribution < -0.4 is 5.76 Å². The molecular formula is C20H20N2O5. The molecule has 0 aliphatic carbocycles. The third-order valence-electron chi connectivity index (χ3n) is 4.76. The second kappa shape index (κ2) is 7.28. The van der Waals surface area contributed by atoms with Gasteiger partial charge in [0.25, 0.3) is 5.91 Å². The summed E-state index contributed by atoms with van der Waals surface area (Å²) in [7, 11) is 0. The molecule has 1 saturated heterocycles. The Morgan fingerprint density at radius 1 is 1.22 bits per heavy atom. The summed E-state index contributed by atoms with van der Waals surface area (Å²) in [5.41, 5.74) is 1.67. The van der Waals surface area contributed by atoms with Crippen LogP contribution in [0.5, 0.6) is 5.75 Å². The zero-order chi connectivity index (χ0) is 18.8. The minimum Gasteiger partial charge on any atom is -0.508 e. The fraction of sp³-hybridized carbons (Fsp3) is 0.300. The molecule has 7 heteroatoms. The maximum absolute atomic E-state index is 13.3. The van der Waals surface area contributed by atoms with Crippen LogP contribution in [0.25, 0.3) is 11.1 Å². The lowest BCUT2D eigenvalue weighted by Gasteiger charge is -2.26. The molecule has 27 heavy (non-hydrogen) atoms. The van der Waals surface area contributed by atoms with Gasteiger partial charge in [-0.3, -0.25) is 9.78 Å². The highest BCUT2D eigenvalue weighted by molar-refractivity contribution is 6.04. The number of carbonyl (C=O) groups is 1. The number of nitrogens with zero attached hydrogens (tertiary/aromatic N) is 1. The van der Waals surface area contributed by atoms with Gasteiger partial charge in [-0.15, -0.1) is 0 Å². The highest BCUT2D eigenvalue weighted by Crippen LogP contribution is 2.24. The first-order valence-electron chi connectivity index (χ1n) is 8.91. The normalized spacial score (nSPS) is 16.7. The van der Waals surface area contributed by atoms with Crippen molar-refractivity contribution in [2.45, 2.75) is 25.5 Å². The van der Waals surface area contributed by atoms with E-state index < -0.39 is 5.76 Å². The quantitative estimate of drug-likeness (QED) is 0.722. The first-order valence-corrected chi connectivity index (χ1v) is 8.91. The Morgan fingerprint density at radius 3 is 2.85 bits per heavy atom. The van der Waals surface area contributed by atoms with E-state index >= 15 is 0 Å². The third-order valence-corrected chi connectivity index (χ3v) is 4.76. The van der Waals surface area contributed by atoms with Gasteiger partial charge in [-0.05, 0) is 31.0 Å². The van der Waals surface area contributed by atoms with Crippen molar-refractivity contribution in [3.05, 3.63) is 64.1 Å². The summed E-state index contributed by atoms with van der Waals surface area (Å²) in [5.74, 6) is -0.743. The molecular weight excluding hydrogens is 348 g/mol. The smallest absolute Gasteiger partial charge is 0.417 e. The van der Waals surface area contributed by atoms with Crippen LogP contribution in [0.2, 0.25) is 0 Å². The van der Waals surface area contributed by atoms with Crippen molar-refractivity contribution >= 4 is 17.0 Å². The van der Waals surface area contributed by atoms with Crippen LogP contribution >= 0.6 is 0 Å². The zero-order valence-corrected chi connectivity index (χ0v) is 14.7. The average molecular weight is 368 g/mol. The molecule has 2 heterocycles. The van der Waals surface area contributed by atoms with Crippen LogP contribution in [0, 0.1) is 0 Å². The van der Waals surface area contributed by atoms with Crippen LogP contribution in [-0.4, -0.2) is 40.2 Å². The molecule has 2 aromatic carbocycles. The molecule has 3 aromatic rings. The molecule has 0 radical (unpaired) electrons. The fourth-order valence-corrected chi connectivity index (χ4v) is 3.42. The fourth-order valence-electron chi connectivity index (χ4n) is 3.42. The molecule has 1 aromatic heterocycles. The van der Waals surface area contributed by atoms with E-state index in [9.17, 15) is 14.7 Å². The molecule has 1 aliphatic rings. The first-order chi connectivity index (χ1) is 13.1. The molecule has 0 bridgehead atoms. The Bertz CT molecular complexity index is 1020. The number of hydrogen-bond donors (Lipinski definition) is 2. The van der Waals surface area contributed by atoms with E-state index in [1.165, 1.54) is 0 Å². The number of oxazole rings is 1. The lowest BCUT2D eigenvalue weighted by atomic mass is 10.1. The number of aromatic amines is 1. The van der Waals surface area contributed by atoms with E-state index in [1.807, 2.05) is 6.07 Å². The summed E-state index contributed by atoms with van der Waals surface area (Å²) in [6.07, 6.45) is 1.80. The van der Waals surface area contributed by atoms with E-state index in [2.05, 4.69) is 4.98 Å². The Labute approximate surface area is 155 Å². The minimum atomic E-state index is -0.600. The molecule has 0 spiro atoms. The summed E-state index contributed by atoms with van der Waals surface area (Å²) in [4.78, 5) is 29.0. The maximum Gasteiger partial charge on any atom is 0.417 e. The second-order valence-corrected chi connectivity index (χ2v) is 6.65. The largest absolute Gasteiger partial charge is 0.508 e. The summed E-state index contributed by atoms with van der Waals surface area (Å²) in [6.45, 7) is 1.32. The molecule has 0 saturated carbocycles. The van der Waals surface area contributed by atoms with E-state index in [4.69, 9.17) is 9.15 Å². The van der Waals surface area contributed by atoms with Crippen molar-refractivity contribution < 1.29 is 19.1 Å².